The SMILES string of the molecule is CON(C)C(=O)[C@H](OCc1ccccc1)[C@H](OCc1ccccc1)[C@@H](COCc1ccccc1)OO. The predicted molar refractivity (Wildman–Crippen MR) is 133 cm³/mol. The predicted octanol–water partition coefficient (Wildman–Crippen LogP) is 4.25. The Kier molecular flexibility index (Phi) is 11.5. The number of nitrogens with zero attached hydrogens (tertiary/aromatic N) is 1. The molecule has 0 unspecified atom stereocenters. The minimum atomic E-state index is -1.16. The number of carbonyl (C=O) groups excluding carboxylic acids is 1. The van der Waals surface area contributed by atoms with Gasteiger partial charge < -0.3 is 14.2 Å². The summed E-state index contributed by atoms with van der Waals surface area (Å²) >= 11 is 0. The zero-order chi connectivity index (χ0) is 25.6. The Morgan fingerprint density at radius 3 is 1.72 bits per heavy atom. The monoisotopic (exact) mass is 495 g/mol. The first-order valence-corrected chi connectivity index (χ1v) is 11.7. The van der Waals surface area contributed by atoms with Crippen LogP contribution in [0.25, 0.3) is 0 Å². The standard InChI is InChI=1S/C28H33NO7/c1-29(32-2)28(30)27(35-20-24-16-10-5-11-17-24)26(34-19-23-14-8-4-9-15-23)25(36-31)21-33-18-22-12-6-3-7-13-22/h3-17,25-27,31H,18-21H2,1-2H3/t25-,26-,27-/m1/s1. The lowest BCUT2D eigenvalue weighted by Gasteiger charge is -2.32. The molecule has 0 aliphatic carbocycles. The molecule has 0 fully saturated rings. The molecule has 0 aliphatic heterocycles. The lowest BCUT2D eigenvalue weighted by molar-refractivity contribution is -0.319. The van der Waals surface area contributed by atoms with Crippen molar-refractivity contribution in [3.8, 4) is 0 Å². The molecule has 0 spiro atoms. The molecule has 8 nitrogen and oxygen atoms in total. The third-order valence-corrected chi connectivity index (χ3v) is 5.58. The molecule has 3 aromatic carbocycles. The Balaban J connectivity index is 1.81. The van der Waals surface area contributed by atoms with E-state index in [1.165, 1.54) is 14.2 Å². The van der Waals surface area contributed by atoms with E-state index >= 15 is 0 Å². The average molecular weight is 496 g/mol. The molecule has 8 heteroatoms. The first-order chi connectivity index (χ1) is 17.6. The van der Waals surface area contributed by atoms with E-state index in [0.29, 0.717) is 6.61 Å². The quantitative estimate of drug-likeness (QED) is 0.249. The molecule has 0 heterocycles. The summed E-state index contributed by atoms with van der Waals surface area (Å²) in [6.07, 6.45) is -3.19. The number of hydrogen-bond acceptors (Lipinski definition) is 7. The van der Waals surface area contributed by atoms with Gasteiger partial charge in [0.05, 0.1) is 33.5 Å². The summed E-state index contributed by atoms with van der Waals surface area (Å²) in [6.45, 7) is 0.565. The van der Waals surface area contributed by atoms with Crippen molar-refractivity contribution in [2.24, 2.45) is 0 Å². The second kappa shape index (κ2) is 15.1. The Morgan fingerprint density at radius 1 is 0.778 bits per heavy atom. The van der Waals surface area contributed by atoms with E-state index in [1.807, 2.05) is 91.0 Å². The summed E-state index contributed by atoms with van der Waals surface area (Å²) in [7, 11) is 2.87. The van der Waals surface area contributed by atoms with E-state index < -0.39 is 24.2 Å². The lowest BCUT2D eigenvalue weighted by Crippen LogP contribution is -2.52. The number of rotatable bonds is 15. The maximum atomic E-state index is 13.3. The Morgan fingerprint density at radius 2 is 1.25 bits per heavy atom. The highest BCUT2D eigenvalue weighted by Crippen LogP contribution is 2.19. The van der Waals surface area contributed by atoms with Gasteiger partial charge in [-0.25, -0.2) is 9.95 Å². The largest absolute Gasteiger partial charge is 0.374 e. The lowest BCUT2D eigenvalue weighted by atomic mass is 10.1. The van der Waals surface area contributed by atoms with Crippen LogP contribution in [0.3, 0.4) is 0 Å². The highest BCUT2D eigenvalue weighted by atomic mass is 17.1. The van der Waals surface area contributed by atoms with Crippen LogP contribution < -0.4 is 0 Å². The normalized spacial score (nSPS) is 13.6. The molecule has 0 aromatic heterocycles. The van der Waals surface area contributed by atoms with Gasteiger partial charge in [-0.05, 0) is 16.7 Å². The molecule has 192 valence electrons. The van der Waals surface area contributed by atoms with Crippen molar-refractivity contribution in [2.75, 3.05) is 20.8 Å². The number of ether oxygens (including phenoxy) is 3. The van der Waals surface area contributed by atoms with Crippen LogP contribution >= 0.6 is 0 Å². The van der Waals surface area contributed by atoms with Crippen LogP contribution in [0.4, 0.5) is 0 Å². The van der Waals surface area contributed by atoms with Crippen molar-refractivity contribution in [1.29, 1.82) is 0 Å². The molecule has 3 atom stereocenters. The van der Waals surface area contributed by atoms with Gasteiger partial charge in [-0.1, -0.05) is 91.0 Å². The molecule has 36 heavy (non-hydrogen) atoms. The Hall–Kier alpha value is -3.11. The van der Waals surface area contributed by atoms with E-state index in [9.17, 15) is 10.1 Å². The van der Waals surface area contributed by atoms with Crippen molar-refractivity contribution in [3.63, 3.8) is 0 Å². The van der Waals surface area contributed by atoms with Gasteiger partial charge >= 0.3 is 0 Å². The van der Waals surface area contributed by atoms with Crippen LogP contribution in [0.15, 0.2) is 91.0 Å². The van der Waals surface area contributed by atoms with E-state index in [4.69, 9.17) is 23.9 Å². The second-order valence-corrected chi connectivity index (χ2v) is 8.14. The summed E-state index contributed by atoms with van der Waals surface area (Å²) in [4.78, 5) is 23.2. The summed E-state index contributed by atoms with van der Waals surface area (Å²) in [5.74, 6) is -0.489. The zero-order valence-electron chi connectivity index (χ0n) is 20.6. The highest BCUT2D eigenvalue weighted by molar-refractivity contribution is 5.80. The van der Waals surface area contributed by atoms with Crippen LogP contribution in [-0.4, -0.2) is 55.3 Å². The molecule has 1 amide bonds. The molecule has 0 saturated carbocycles. The van der Waals surface area contributed by atoms with Gasteiger partial charge in [0, 0.05) is 7.05 Å². The molecule has 0 saturated heterocycles. The van der Waals surface area contributed by atoms with Gasteiger partial charge in [0.2, 0.25) is 0 Å². The van der Waals surface area contributed by atoms with Gasteiger partial charge in [-0.3, -0.25) is 14.9 Å². The average Bonchev–Trinajstić information content (AvgIpc) is 2.94. The molecular weight excluding hydrogens is 462 g/mol. The van der Waals surface area contributed by atoms with Gasteiger partial charge in [-0.2, -0.15) is 0 Å². The number of hydrogen-bond donors (Lipinski definition) is 1. The van der Waals surface area contributed by atoms with E-state index in [2.05, 4.69) is 0 Å². The number of hydroxylamine groups is 2. The highest BCUT2D eigenvalue weighted by Gasteiger charge is 2.39. The second-order valence-electron chi connectivity index (χ2n) is 8.14. The van der Waals surface area contributed by atoms with Crippen LogP contribution in [0, 0.1) is 0 Å². The summed E-state index contributed by atoms with van der Waals surface area (Å²) in [5, 5.41) is 10.9. The maximum absolute atomic E-state index is 13.3. The van der Waals surface area contributed by atoms with Crippen LogP contribution in [-0.2, 0) is 48.6 Å². The third-order valence-electron chi connectivity index (χ3n) is 5.58. The first kappa shape index (κ1) is 27.5. The van der Waals surface area contributed by atoms with Crippen molar-refractivity contribution < 1.29 is 34.0 Å². The summed E-state index contributed by atoms with van der Waals surface area (Å²) in [5.41, 5.74) is 2.72. The molecule has 1 N–H and O–H groups in total. The van der Waals surface area contributed by atoms with Crippen molar-refractivity contribution in [3.05, 3.63) is 108 Å². The third kappa shape index (κ3) is 8.53. The van der Waals surface area contributed by atoms with E-state index in [-0.39, 0.29) is 19.8 Å². The van der Waals surface area contributed by atoms with Crippen molar-refractivity contribution in [2.45, 2.75) is 38.1 Å². The number of benzene rings is 3. The zero-order valence-corrected chi connectivity index (χ0v) is 20.6. The molecule has 0 aliphatic rings. The van der Waals surface area contributed by atoms with Gasteiger partial charge in [0.15, 0.2) is 6.10 Å². The minimum absolute atomic E-state index is 0.0416. The minimum Gasteiger partial charge on any atom is -0.374 e. The van der Waals surface area contributed by atoms with Crippen molar-refractivity contribution >= 4 is 5.91 Å². The van der Waals surface area contributed by atoms with Crippen LogP contribution in [0.1, 0.15) is 16.7 Å². The van der Waals surface area contributed by atoms with E-state index in [1.54, 1.807) is 0 Å². The fourth-order valence-corrected chi connectivity index (χ4v) is 3.54. The summed E-state index contributed by atoms with van der Waals surface area (Å²) in [6, 6.07) is 28.6. The number of likely N-dealkylation sites (N-methyl/N-ethyl adjacent to an activating group) is 1. The number of amides is 1. The fraction of sp³-hybridized carbons (Fsp3) is 0.321. The maximum Gasteiger partial charge on any atom is 0.277 e. The molecule has 0 bridgehead atoms. The van der Waals surface area contributed by atoms with E-state index in [0.717, 1.165) is 21.8 Å². The van der Waals surface area contributed by atoms with Crippen LogP contribution in [0.2, 0.25) is 0 Å². The Labute approximate surface area is 211 Å². The Bertz CT molecular complexity index is 1000. The molecule has 0 radical (unpaired) electrons. The van der Waals surface area contributed by atoms with Crippen LogP contribution in [0.5, 0.6) is 0 Å². The topological polar surface area (TPSA) is 86.7 Å². The van der Waals surface area contributed by atoms with Gasteiger partial charge in [0.25, 0.3) is 5.91 Å². The van der Waals surface area contributed by atoms with Gasteiger partial charge in [-0.15, -0.1) is 0 Å². The fourth-order valence-electron chi connectivity index (χ4n) is 3.54. The van der Waals surface area contributed by atoms with Crippen molar-refractivity contribution in [1.82, 2.24) is 5.06 Å². The van der Waals surface area contributed by atoms with Gasteiger partial charge in [0.1, 0.15) is 12.2 Å². The first-order valence-electron chi connectivity index (χ1n) is 11.7. The molecule has 3 aromatic rings. The smallest absolute Gasteiger partial charge is 0.277 e. The molecular formula is C28H33NO7. The molecule has 3 rings (SSSR count). The summed E-state index contributed by atoms with van der Waals surface area (Å²) < 4.78 is 18.0. The number of carbonyl (C=O) groups is 1.